The van der Waals surface area contributed by atoms with Crippen LogP contribution < -0.4 is 10.2 Å². The molecule has 10 heteroatoms. The van der Waals surface area contributed by atoms with Crippen molar-refractivity contribution in [3.05, 3.63) is 17.3 Å². The van der Waals surface area contributed by atoms with Gasteiger partial charge in [-0.2, -0.15) is 13.2 Å². The van der Waals surface area contributed by atoms with Crippen molar-refractivity contribution in [2.24, 2.45) is 11.3 Å². The Bertz CT molecular complexity index is 947. The van der Waals surface area contributed by atoms with E-state index < -0.39 is 12.6 Å². The van der Waals surface area contributed by atoms with Crippen molar-refractivity contribution in [3.8, 4) is 0 Å². The zero-order valence-corrected chi connectivity index (χ0v) is 16.8. The maximum Gasteiger partial charge on any atom is 0.393 e. The minimum absolute atomic E-state index is 0.0575. The minimum atomic E-state index is -4.23. The summed E-state index contributed by atoms with van der Waals surface area (Å²) in [6.07, 6.45) is -2.86. The number of nitrogens with zero attached hydrogens (tertiary/aromatic N) is 4. The fourth-order valence-electron chi connectivity index (χ4n) is 4.78. The van der Waals surface area contributed by atoms with E-state index in [2.05, 4.69) is 27.1 Å². The number of aromatic nitrogens is 2. The number of carbonyl (C=O) groups excluding carboxylic acids is 1. The van der Waals surface area contributed by atoms with Crippen molar-refractivity contribution in [1.29, 1.82) is 0 Å². The number of rotatable bonds is 3. The molecule has 1 N–H and O–H groups in total. The van der Waals surface area contributed by atoms with Crippen LogP contribution in [-0.4, -0.2) is 65.7 Å². The van der Waals surface area contributed by atoms with Gasteiger partial charge in [-0.1, -0.05) is 6.92 Å². The highest BCUT2D eigenvalue weighted by molar-refractivity contribution is 7.18. The normalized spacial score (nSPS) is 26.1. The van der Waals surface area contributed by atoms with Gasteiger partial charge in [-0.3, -0.25) is 4.79 Å². The standard InChI is InChI=1S/C19H22F3N5OS/c1-11-2-14(23-5-11)17(28)27-8-18(9-27)6-26(7-18)15-13-3-12(4-19(20,21)22)29-16(13)25-10-24-15/h3,10-11,14,23H,2,4-9H2,1H3/t11-,14+/m1/s1. The van der Waals surface area contributed by atoms with Crippen LogP contribution in [0.5, 0.6) is 0 Å². The van der Waals surface area contributed by atoms with Gasteiger partial charge in [-0.05, 0) is 24.9 Å². The Morgan fingerprint density at radius 2 is 2.07 bits per heavy atom. The Kier molecular flexibility index (Phi) is 4.29. The number of alkyl halides is 3. The SMILES string of the molecule is C[C@H]1CN[C@H](C(=O)N2CC3(C2)CN(c2ncnc4sc(CC(F)(F)F)cc24)C3)C1. The van der Waals surface area contributed by atoms with E-state index in [4.69, 9.17) is 0 Å². The van der Waals surface area contributed by atoms with Crippen LogP contribution in [0.3, 0.4) is 0 Å². The third-order valence-corrected chi connectivity index (χ3v) is 7.14. The van der Waals surface area contributed by atoms with Gasteiger partial charge in [-0.15, -0.1) is 11.3 Å². The van der Waals surface area contributed by atoms with E-state index in [1.54, 1.807) is 6.07 Å². The predicted molar refractivity (Wildman–Crippen MR) is 104 cm³/mol. The molecule has 3 saturated heterocycles. The predicted octanol–water partition coefficient (Wildman–Crippen LogP) is 2.44. The first-order valence-corrected chi connectivity index (χ1v) is 10.6. The fourth-order valence-corrected chi connectivity index (χ4v) is 5.80. The van der Waals surface area contributed by atoms with Crippen molar-refractivity contribution in [2.45, 2.75) is 32.0 Å². The summed E-state index contributed by atoms with van der Waals surface area (Å²) in [4.78, 5) is 25.9. The molecule has 156 valence electrons. The summed E-state index contributed by atoms with van der Waals surface area (Å²) in [6.45, 7) is 6.06. The number of halogens is 3. The molecule has 5 rings (SSSR count). The molecule has 0 saturated carbocycles. The van der Waals surface area contributed by atoms with Gasteiger partial charge in [0.25, 0.3) is 0 Å². The number of nitrogens with one attached hydrogen (secondary N) is 1. The van der Waals surface area contributed by atoms with E-state index >= 15 is 0 Å². The molecule has 0 aliphatic carbocycles. The smallest absolute Gasteiger partial charge is 0.354 e. The average molecular weight is 425 g/mol. The Morgan fingerprint density at radius 3 is 2.72 bits per heavy atom. The summed E-state index contributed by atoms with van der Waals surface area (Å²) >= 11 is 1.07. The second kappa shape index (κ2) is 6.53. The van der Waals surface area contributed by atoms with Gasteiger partial charge >= 0.3 is 6.18 Å². The number of amides is 1. The van der Waals surface area contributed by atoms with Crippen LogP contribution in [0.25, 0.3) is 10.2 Å². The van der Waals surface area contributed by atoms with Gasteiger partial charge in [0.05, 0.1) is 17.8 Å². The summed E-state index contributed by atoms with van der Waals surface area (Å²) in [6, 6.07) is 1.51. The zero-order valence-electron chi connectivity index (χ0n) is 16.0. The van der Waals surface area contributed by atoms with Crippen LogP contribution in [0.2, 0.25) is 0 Å². The van der Waals surface area contributed by atoms with Gasteiger partial charge in [0.15, 0.2) is 0 Å². The molecule has 29 heavy (non-hydrogen) atoms. The number of fused-ring (bicyclic) bond motifs is 1. The van der Waals surface area contributed by atoms with Gasteiger partial charge in [0, 0.05) is 36.5 Å². The lowest BCUT2D eigenvalue weighted by atomic mass is 9.72. The van der Waals surface area contributed by atoms with Crippen molar-refractivity contribution >= 4 is 33.3 Å². The molecule has 1 amide bonds. The summed E-state index contributed by atoms with van der Waals surface area (Å²) in [5.41, 5.74) is 0.0853. The maximum absolute atomic E-state index is 12.7. The van der Waals surface area contributed by atoms with Crippen LogP contribution in [0.1, 0.15) is 18.2 Å². The number of hydrogen-bond acceptors (Lipinski definition) is 6. The highest BCUT2D eigenvalue weighted by atomic mass is 32.1. The maximum atomic E-state index is 12.7. The summed E-state index contributed by atoms with van der Waals surface area (Å²) in [7, 11) is 0. The lowest BCUT2D eigenvalue weighted by Crippen LogP contribution is -2.74. The minimum Gasteiger partial charge on any atom is -0.354 e. The molecule has 2 aromatic rings. The number of thiophene rings is 1. The topological polar surface area (TPSA) is 61.4 Å². The van der Waals surface area contributed by atoms with E-state index in [1.807, 2.05) is 4.90 Å². The molecule has 0 aromatic carbocycles. The van der Waals surface area contributed by atoms with Gasteiger partial charge in [0.2, 0.25) is 5.91 Å². The van der Waals surface area contributed by atoms with Crippen LogP contribution in [0, 0.1) is 11.3 Å². The molecule has 6 nitrogen and oxygen atoms in total. The number of carbonyl (C=O) groups is 1. The largest absolute Gasteiger partial charge is 0.393 e. The molecule has 5 heterocycles. The first kappa shape index (κ1) is 19.0. The lowest BCUT2D eigenvalue weighted by Gasteiger charge is -2.60. The fraction of sp³-hybridized carbons (Fsp3) is 0.632. The van der Waals surface area contributed by atoms with Gasteiger partial charge < -0.3 is 15.1 Å². The Morgan fingerprint density at radius 1 is 1.31 bits per heavy atom. The molecular formula is C19H22F3N5OS. The number of hydrogen-bond donors (Lipinski definition) is 1. The van der Waals surface area contributed by atoms with Crippen molar-refractivity contribution in [1.82, 2.24) is 20.2 Å². The summed E-state index contributed by atoms with van der Waals surface area (Å²) in [5.74, 6) is 1.42. The third kappa shape index (κ3) is 3.46. The van der Waals surface area contributed by atoms with Gasteiger partial charge in [0.1, 0.15) is 17.0 Å². The first-order chi connectivity index (χ1) is 13.7. The first-order valence-electron chi connectivity index (χ1n) is 9.79. The molecule has 3 aliphatic heterocycles. The molecule has 1 spiro atoms. The van der Waals surface area contributed by atoms with Crippen LogP contribution in [0.4, 0.5) is 19.0 Å². The molecule has 3 fully saturated rings. The highest BCUT2D eigenvalue weighted by Gasteiger charge is 2.54. The second-order valence-corrected chi connectivity index (χ2v) is 9.89. The number of anilines is 1. The molecule has 0 radical (unpaired) electrons. The van der Waals surface area contributed by atoms with Crippen molar-refractivity contribution in [3.63, 3.8) is 0 Å². The zero-order chi connectivity index (χ0) is 20.4. The van der Waals surface area contributed by atoms with Crippen LogP contribution >= 0.6 is 11.3 Å². The van der Waals surface area contributed by atoms with Crippen LogP contribution in [0.15, 0.2) is 12.4 Å². The molecular weight excluding hydrogens is 403 g/mol. The highest BCUT2D eigenvalue weighted by Crippen LogP contribution is 2.44. The van der Waals surface area contributed by atoms with E-state index in [9.17, 15) is 18.0 Å². The van der Waals surface area contributed by atoms with Crippen LogP contribution in [-0.2, 0) is 11.2 Å². The molecule has 2 aromatic heterocycles. The Labute approximate surface area is 170 Å². The average Bonchev–Trinajstić information content (AvgIpc) is 3.16. The third-order valence-electron chi connectivity index (χ3n) is 6.10. The Hall–Kier alpha value is -1.94. The van der Waals surface area contributed by atoms with E-state index in [0.717, 1.165) is 50.5 Å². The second-order valence-electron chi connectivity index (χ2n) is 8.77. The monoisotopic (exact) mass is 425 g/mol. The Balaban J connectivity index is 1.24. The van der Waals surface area contributed by atoms with Crippen molar-refractivity contribution < 1.29 is 18.0 Å². The van der Waals surface area contributed by atoms with Crippen molar-refractivity contribution in [2.75, 3.05) is 37.6 Å². The van der Waals surface area contributed by atoms with E-state index in [0.29, 0.717) is 22.0 Å². The number of likely N-dealkylation sites (tertiary alicyclic amines) is 1. The van der Waals surface area contributed by atoms with E-state index in [1.165, 1.54) is 6.33 Å². The molecule has 0 unspecified atom stereocenters. The lowest BCUT2D eigenvalue weighted by molar-refractivity contribution is -0.147. The molecule has 2 atom stereocenters. The van der Waals surface area contributed by atoms with E-state index in [-0.39, 0.29) is 22.2 Å². The molecule has 0 bridgehead atoms. The summed E-state index contributed by atoms with van der Waals surface area (Å²) < 4.78 is 38.2. The van der Waals surface area contributed by atoms with Gasteiger partial charge in [-0.25, -0.2) is 9.97 Å². The quantitative estimate of drug-likeness (QED) is 0.819. The summed E-state index contributed by atoms with van der Waals surface area (Å²) in [5, 5.41) is 3.98. The molecule has 3 aliphatic rings.